The maximum absolute atomic E-state index is 4.29. The van der Waals surface area contributed by atoms with Crippen LogP contribution in [0.2, 0.25) is 0 Å². The molecule has 3 heteroatoms. The van der Waals surface area contributed by atoms with Crippen LogP contribution in [0.25, 0.3) is 0 Å². The van der Waals surface area contributed by atoms with Crippen molar-refractivity contribution >= 4 is 18.1 Å². The Bertz CT molecular complexity index is 452. The van der Waals surface area contributed by atoms with E-state index >= 15 is 0 Å². The first kappa shape index (κ1) is 15.1. The van der Waals surface area contributed by atoms with Gasteiger partial charge in [-0.3, -0.25) is 4.98 Å². The lowest BCUT2D eigenvalue weighted by Crippen LogP contribution is -2.55. The van der Waals surface area contributed by atoms with E-state index < -0.39 is 0 Å². The van der Waals surface area contributed by atoms with Gasteiger partial charge in [0.2, 0.25) is 0 Å². The number of halogens is 1. The van der Waals surface area contributed by atoms with Gasteiger partial charge in [-0.1, -0.05) is 0 Å². The second-order valence-corrected chi connectivity index (χ2v) is 7.78. The molecule has 4 saturated carbocycles. The van der Waals surface area contributed by atoms with Crippen LogP contribution >= 0.6 is 12.4 Å². The zero-order chi connectivity index (χ0) is 13.7. The van der Waals surface area contributed by atoms with Crippen molar-refractivity contribution in [1.29, 1.82) is 0 Å². The third-order valence-corrected chi connectivity index (χ3v) is 6.61. The van der Waals surface area contributed by atoms with Crippen molar-refractivity contribution in [2.24, 2.45) is 23.2 Å². The predicted molar refractivity (Wildman–Crippen MR) is 90.0 cm³/mol. The van der Waals surface area contributed by atoms with Crippen LogP contribution in [0.1, 0.15) is 45.4 Å². The molecule has 21 heavy (non-hydrogen) atoms. The van der Waals surface area contributed by atoms with E-state index in [9.17, 15) is 0 Å². The lowest BCUT2D eigenvalue weighted by atomic mass is 9.47. The van der Waals surface area contributed by atoms with Gasteiger partial charge < -0.3 is 4.90 Å². The van der Waals surface area contributed by atoms with Gasteiger partial charge in [0.15, 0.2) is 0 Å². The number of anilines is 1. The van der Waals surface area contributed by atoms with Crippen molar-refractivity contribution in [2.45, 2.75) is 51.5 Å². The number of pyridine rings is 1. The van der Waals surface area contributed by atoms with Gasteiger partial charge in [-0.2, -0.15) is 0 Å². The average molecular weight is 307 g/mol. The molecular formula is C18H27ClN2. The van der Waals surface area contributed by atoms with Crippen molar-refractivity contribution in [1.82, 2.24) is 4.98 Å². The molecule has 0 saturated heterocycles. The molecule has 4 fully saturated rings. The zero-order valence-electron chi connectivity index (χ0n) is 13.2. The second-order valence-electron chi connectivity index (χ2n) is 7.78. The average Bonchev–Trinajstić information content (AvgIpc) is 2.45. The summed E-state index contributed by atoms with van der Waals surface area (Å²) in [5.74, 6) is 3.10. The molecule has 4 bridgehead atoms. The molecule has 0 spiro atoms. The van der Waals surface area contributed by atoms with Gasteiger partial charge in [-0.05, 0) is 80.8 Å². The molecule has 1 aromatic rings. The Kier molecular flexibility index (Phi) is 3.94. The first-order chi connectivity index (χ1) is 9.66. The fraction of sp³-hybridized carbons (Fsp3) is 0.722. The molecule has 1 atom stereocenters. The molecule has 1 unspecified atom stereocenters. The van der Waals surface area contributed by atoms with Crippen LogP contribution in [0.4, 0.5) is 5.69 Å². The van der Waals surface area contributed by atoms with Gasteiger partial charge in [-0.25, -0.2) is 0 Å². The topological polar surface area (TPSA) is 16.1 Å². The van der Waals surface area contributed by atoms with E-state index in [0.29, 0.717) is 11.5 Å². The zero-order valence-corrected chi connectivity index (χ0v) is 14.0. The van der Waals surface area contributed by atoms with Gasteiger partial charge >= 0.3 is 0 Å². The highest BCUT2D eigenvalue weighted by atomic mass is 35.5. The van der Waals surface area contributed by atoms with Gasteiger partial charge in [0, 0.05) is 19.3 Å². The SMILES string of the molecule is CC(N(C)c1cccnc1)C12CC3CC(CC(C3)C1)C2.Cl. The number of aromatic nitrogens is 1. The molecule has 4 aliphatic carbocycles. The largest absolute Gasteiger partial charge is 0.370 e. The van der Waals surface area contributed by atoms with E-state index in [1.54, 1.807) is 0 Å². The standard InChI is InChI=1S/C18H26N2.ClH/c1-13(20(2)17-4-3-5-19-12-17)18-9-14-6-15(10-18)8-16(7-14)11-18;/h3-5,12-16H,6-11H2,1-2H3;1H. The van der Waals surface area contributed by atoms with Crippen LogP contribution in [-0.4, -0.2) is 18.1 Å². The van der Waals surface area contributed by atoms with Crippen LogP contribution < -0.4 is 4.90 Å². The number of rotatable bonds is 3. The Labute approximate surface area is 134 Å². The summed E-state index contributed by atoms with van der Waals surface area (Å²) < 4.78 is 0. The molecule has 1 aromatic heterocycles. The van der Waals surface area contributed by atoms with Crippen LogP contribution in [0.15, 0.2) is 24.5 Å². The van der Waals surface area contributed by atoms with E-state index in [4.69, 9.17) is 0 Å². The Morgan fingerprint density at radius 1 is 1.14 bits per heavy atom. The Balaban J connectivity index is 0.00000132. The van der Waals surface area contributed by atoms with Crippen LogP contribution in [0.5, 0.6) is 0 Å². The highest BCUT2D eigenvalue weighted by Gasteiger charge is 2.53. The highest BCUT2D eigenvalue weighted by Crippen LogP contribution is 2.61. The molecule has 2 nitrogen and oxygen atoms in total. The minimum absolute atomic E-state index is 0. The summed E-state index contributed by atoms with van der Waals surface area (Å²) in [5, 5.41) is 0. The van der Waals surface area contributed by atoms with Crippen LogP contribution in [0, 0.1) is 23.2 Å². The number of hydrogen-bond donors (Lipinski definition) is 0. The van der Waals surface area contributed by atoms with E-state index in [1.165, 1.54) is 44.2 Å². The summed E-state index contributed by atoms with van der Waals surface area (Å²) in [6.45, 7) is 2.46. The first-order valence-electron chi connectivity index (χ1n) is 8.29. The third kappa shape index (κ3) is 2.46. The molecule has 0 aliphatic heterocycles. The van der Waals surface area contributed by atoms with E-state index in [0.717, 1.165) is 17.8 Å². The molecule has 4 aliphatic rings. The molecule has 0 radical (unpaired) electrons. The molecule has 5 rings (SSSR count). The number of hydrogen-bond acceptors (Lipinski definition) is 2. The number of nitrogens with zero attached hydrogens (tertiary/aromatic N) is 2. The normalized spacial score (nSPS) is 37.9. The van der Waals surface area contributed by atoms with Crippen molar-refractivity contribution < 1.29 is 0 Å². The monoisotopic (exact) mass is 306 g/mol. The molecule has 0 aromatic carbocycles. The summed E-state index contributed by atoms with van der Waals surface area (Å²) in [6.07, 6.45) is 12.9. The Hall–Kier alpha value is -0.760. The minimum atomic E-state index is 0. The van der Waals surface area contributed by atoms with Crippen LogP contribution in [-0.2, 0) is 0 Å². The fourth-order valence-electron chi connectivity index (χ4n) is 5.89. The van der Waals surface area contributed by atoms with Crippen LogP contribution in [0.3, 0.4) is 0 Å². The minimum Gasteiger partial charge on any atom is -0.370 e. The van der Waals surface area contributed by atoms with E-state index in [2.05, 4.69) is 36.0 Å². The highest BCUT2D eigenvalue weighted by molar-refractivity contribution is 5.85. The van der Waals surface area contributed by atoms with Crippen molar-refractivity contribution in [3.63, 3.8) is 0 Å². The summed E-state index contributed by atoms with van der Waals surface area (Å²) in [4.78, 5) is 6.78. The molecule has 0 amide bonds. The summed E-state index contributed by atoms with van der Waals surface area (Å²) in [6, 6.07) is 4.89. The quantitative estimate of drug-likeness (QED) is 0.814. The fourth-order valence-corrected chi connectivity index (χ4v) is 5.89. The Morgan fingerprint density at radius 2 is 1.71 bits per heavy atom. The van der Waals surface area contributed by atoms with Gasteiger partial charge in [0.1, 0.15) is 0 Å². The summed E-state index contributed by atoms with van der Waals surface area (Å²) in [5.41, 5.74) is 1.86. The van der Waals surface area contributed by atoms with Gasteiger partial charge in [0.05, 0.1) is 11.9 Å². The molecule has 1 heterocycles. The maximum Gasteiger partial charge on any atom is 0.0552 e. The maximum atomic E-state index is 4.29. The van der Waals surface area contributed by atoms with Gasteiger partial charge in [0.25, 0.3) is 0 Å². The van der Waals surface area contributed by atoms with E-state index in [1.807, 2.05) is 12.4 Å². The second kappa shape index (κ2) is 5.46. The third-order valence-electron chi connectivity index (χ3n) is 6.61. The van der Waals surface area contributed by atoms with Gasteiger partial charge in [-0.15, -0.1) is 12.4 Å². The molecule has 0 N–H and O–H groups in total. The smallest absolute Gasteiger partial charge is 0.0552 e. The molecular weight excluding hydrogens is 280 g/mol. The lowest BCUT2D eigenvalue weighted by molar-refractivity contribution is -0.0643. The predicted octanol–water partition coefficient (Wildman–Crippen LogP) is 4.54. The van der Waals surface area contributed by atoms with Crippen molar-refractivity contribution in [3.8, 4) is 0 Å². The van der Waals surface area contributed by atoms with Crippen molar-refractivity contribution in [3.05, 3.63) is 24.5 Å². The van der Waals surface area contributed by atoms with E-state index in [-0.39, 0.29) is 12.4 Å². The lowest BCUT2D eigenvalue weighted by Gasteiger charge is -2.60. The van der Waals surface area contributed by atoms with Crippen molar-refractivity contribution in [2.75, 3.05) is 11.9 Å². The first-order valence-corrected chi connectivity index (χ1v) is 8.29. The Morgan fingerprint density at radius 3 is 2.19 bits per heavy atom. The summed E-state index contributed by atoms with van der Waals surface area (Å²) >= 11 is 0. The molecule has 116 valence electrons. The summed E-state index contributed by atoms with van der Waals surface area (Å²) in [7, 11) is 2.26.